The molecule has 2 amide bonds. The molecule has 0 atom stereocenters. The second-order valence-corrected chi connectivity index (χ2v) is 1.66. The molecule has 0 aliphatic carbocycles. The molecule has 63 valence electrons. The molecule has 0 aliphatic heterocycles. The van der Waals surface area contributed by atoms with Gasteiger partial charge in [-0.15, -0.1) is 0 Å². The highest BCUT2D eigenvalue weighted by Crippen LogP contribution is 1.74. The van der Waals surface area contributed by atoms with Crippen molar-refractivity contribution in [3.05, 3.63) is 7.05 Å². The maximum absolute atomic E-state index is 10.6. The lowest BCUT2D eigenvalue weighted by Crippen LogP contribution is -2.36. The quantitative estimate of drug-likeness (QED) is 0.552. The van der Waals surface area contributed by atoms with Crippen LogP contribution in [-0.2, 0) is 9.53 Å². The minimum absolute atomic E-state index is 0.130. The van der Waals surface area contributed by atoms with E-state index in [1.165, 1.54) is 0 Å². The number of carbonyl (C=O) groups excluding carboxylic acids is 2. The fourth-order valence-electron chi connectivity index (χ4n) is 0.427. The van der Waals surface area contributed by atoms with E-state index < -0.39 is 12.0 Å². The van der Waals surface area contributed by atoms with E-state index in [1.807, 2.05) is 0 Å². The van der Waals surface area contributed by atoms with E-state index in [9.17, 15) is 9.59 Å². The van der Waals surface area contributed by atoms with Gasteiger partial charge in [-0.2, -0.15) is 0 Å². The van der Waals surface area contributed by atoms with Gasteiger partial charge in [-0.1, -0.05) is 0 Å². The predicted octanol–water partition coefficient (Wildman–Crippen LogP) is -0.360. The standard InChI is InChI=1S/C6H11N2O3/c1-3-11-5(9)4-8-6(10)7-2/h2-4H2,1H3,(H2,7,8,10). The van der Waals surface area contributed by atoms with Crippen LogP contribution < -0.4 is 10.6 Å². The molecular formula is C6H11N2O3. The lowest BCUT2D eigenvalue weighted by molar-refractivity contribution is -0.141. The van der Waals surface area contributed by atoms with Crippen molar-refractivity contribution in [1.82, 2.24) is 10.6 Å². The summed E-state index contributed by atoms with van der Waals surface area (Å²) in [5.41, 5.74) is 0. The van der Waals surface area contributed by atoms with Crippen LogP contribution in [0.1, 0.15) is 6.92 Å². The third kappa shape index (κ3) is 5.20. The number of urea groups is 1. The highest BCUT2D eigenvalue weighted by Gasteiger charge is 2.02. The number of ether oxygens (including phenoxy) is 1. The van der Waals surface area contributed by atoms with E-state index >= 15 is 0 Å². The molecule has 0 rings (SSSR count). The number of hydrogen-bond donors (Lipinski definition) is 2. The van der Waals surface area contributed by atoms with Crippen LogP contribution in [0.5, 0.6) is 0 Å². The molecule has 5 nitrogen and oxygen atoms in total. The van der Waals surface area contributed by atoms with Crippen LogP contribution in [0.15, 0.2) is 0 Å². The second-order valence-electron chi connectivity index (χ2n) is 1.66. The van der Waals surface area contributed by atoms with Gasteiger partial charge >= 0.3 is 12.0 Å². The molecule has 0 aromatic heterocycles. The number of rotatable bonds is 3. The van der Waals surface area contributed by atoms with Gasteiger partial charge in [-0.3, -0.25) is 4.79 Å². The van der Waals surface area contributed by atoms with E-state index in [0.717, 1.165) is 0 Å². The molecule has 0 bridgehead atoms. The number of hydrogen-bond acceptors (Lipinski definition) is 3. The Labute approximate surface area is 65.1 Å². The molecule has 0 aliphatic rings. The minimum atomic E-state index is -0.502. The summed E-state index contributed by atoms with van der Waals surface area (Å²) in [6.07, 6.45) is 0. The van der Waals surface area contributed by atoms with Gasteiger partial charge in [0.25, 0.3) is 0 Å². The van der Waals surface area contributed by atoms with Crippen LogP contribution in [0.2, 0.25) is 0 Å². The molecule has 0 saturated carbocycles. The summed E-state index contributed by atoms with van der Waals surface area (Å²) in [6, 6.07) is -0.502. The zero-order valence-electron chi connectivity index (χ0n) is 6.35. The van der Waals surface area contributed by atoms with Crippen molar-refractivity contribution in [2.45, 2.75) is 6.92 Å². The van der Waals surface area contributed by atoms with Crippen molar-refractivity contribution in [2.75, 3.05) is 13.2 Å². The first-order chi connectivity index (χ1) is 5.20. The van der Waals surface area contributed by atoms with Crippen molar-refractivity contribution in [1.29, 1.82) is 0 Å². The summed E-state index contributed by atoms with van der Waals surface area (Å²) in [7, 11) is 3.10. The van der Waals surface area contributed by atoms with E-state index in [2.05, 4.69) is 22.4 Å². The van der Waals surface area contributed by atoms with Gasteiger partial charge in [-0.25, -0.2) is 4.79 Å². The lowest BCUT2D eigenvalue weighted by atomic mass is 10.6. The van der Waals surface area contributed by atoms with Gasteiger partial charge in [0.15, 0.2) is 0 Å². The van der Waals surface area contributed by atoms with Crippen LogP contribution in [0.4, 0.5) is 4.79 Å². The summed E-state index contributed by atoms with van der Waals surface area (Å²) in [5.74, 6) is -0.462. The van der Waals surface area contributed by atoms with Crippen molar-refractivity contribution in [3.63, 3.8) is 0 Å². The monoisotopic (exact) mass is 159 g/mol. The van der Waals surface area contributed by atoms with Crippen molar-refractivity contribution >= 4 is 12.0 Å². The van der Waals surface area contributed by atoms with Gasteiger partial charge in [0.1, 0.15) is 6.54 Å². The zero-order valence-corrected chi connectivity index (χ0v) is 6.35. The third-order valence-electron chi connectivity index (χ3n) is 0.859. The Kier molecular flexibility index (Phi) is 4.89. The lowest BCUT2D eigenvalue weighted by Gasteiger charge is -2.02. The molecule has 0 aromatic carbocycles. The van der Waals surface area contributed by atoms with Crippen molar-refractivity contribution < 1.29 is 14.3 Å². The molecule has 0 saturated heterocycles. The number of carbonyl (C=O) groups is 2. The molecule has 0 spiro atoms. The number of esters is 1. The Morgan fingerprint density at radius 3 is 2.64 bits per heavy atom. The van der Waals surface area contributed by atoms with E-state index in [4.69, 9.17) is 0 Å². The summed E-state index contributed by atoms with van der Waals surface area (Å²) in [6.45, 7) is 1.88. The SMILES string of the molecule is [CH2]NC(=O)NCC(=O)OCC. The maximum atomic E-state index is 10.6. The minimum Gasteiger partial charge on any atom is -0.465 e. The van der Waals surface area contributed by atoms with Crippen LogP contribution in [-0.4, -0.2) is 25.2 Å². The number of nitrogens with one attached hydrogen (secondary N) is 2. The van der Waals surface area contributed by atoms with Gasteiger partial charge in [-0.05, 0) is 6.92 Å². The van der Waals surface area contributed by atoms with Gasteiger partial charge in [0.05, 0.1) is 6.61 Å². The summed E-state index contributed by atoms with van der Waals surface area (Å²) >= 11 is 0. The third-order valence-corrected chi connectivity index (χ3v) is 0.859. The molecule has 5 heteroatoms. The van der Waals surface area contributed by atoms with Crippen LogP contribution >= 0.6 is 0 Å². The Morgan fingerprint density at radius 2 is 2.18 bits per heavy atom. The fourth-order valence-corrected chi connectivity index (χ4v) is 0.427. The summed E-state index contributed by atoms with van der Waals surface area (Å²) in [4.78, 5) is 21.0. The van der Waals surface area contributed by atoms with Gasteiger partial charge < -0.3 is 15.4 Å². The highest BCUT2D eigenvalue weighted by atomic mass is 16.5. The average molecular weight is 159 g/mol. The largest absolute Gasteiger partial charge is 0.465 e. The molecule has 0 fully saturated rings. The molecular weight excluding hydrogens is 148 g/mol. The maximum Gasteiger partial charge on any atom is 0.325 e. The topological polar surface area (TPSA) is 67.4 Å². The molecule has 0 aromatic rings. The van der Waals surface area contributed by atoms with E-state index in [-0.39, 0.29) is 6.54 Å². The molecule has 2 N–H and O–H groups in total. The summed E-state index contributed by atoms with van der Waals surface area (Å²) < 4.78 is 4.53. The van der Waals surface area contributed by atoms with Crippen LogP contribution in [0.3, 0.4) is 0 Å². The van der Waals surface area contributed by atoms with E-state index in [0.29, 0.717) is 6.61 Å². The Hall–Kier alpha value is -1.26. The van der Waals surface area contributed by atoms with Crippen LogP contribution in [0, 0.1) is 7.05 Å². The van der Waals surface area contributed by atoms with Gasteiger partial charge in [0, 0.05) is 7.05 Å². The normalized spacial score (nSPS) is 8.55. The molecule has 11 heavy (non-hydrogen) atoms. The second kappa shape index (κ2) is 5.52. The Morgan fingerprint density at radius 1 is 1.55 bits per heavy atom. The number of amides is 2. The fraction of sp³-hybridized carbons (Fsp3) is 0.500. The van der Waals surface area contributed by atoms with Crippen molar-refractivity contribution in [2.24, 2.45) is 0 Å². The smallest absolute Gasteiger partial charge is 0.325 e. The first kappa shape index (κ1) is 9.74. The molecule has 1 radical (unpaired) electrons. The van der Waals surface area contributed by atoms with Gasteiger partial charge in [0.2, 0.25) is 0 Å². The predicted molar refractivity (Wildman–Crippen MR) is 38.5 cm³/mol. The summed E-state index contributed by atoms with van der Waals surface area (Å²) in [5, 5.41) is 4.28. The Bertz CT molecular complexity index is 147. The Balaban J connectivity index is 3.38. The first-order valence-corrected chi connectivity index (χ1v) is 3.17. The molecule has 0 unspecified atom stereocenters. The van der Waals surface area contributed by atoms with E-state index in [1.54, 1.807) is 6.92 Å². The van der Waals surface area contributed by atoms with Crippen LogP contribution in [0.25, 0.3) is 0 Å². The highest BCUT2D eigenvalue weighted by molar-refractivity contribution is 5.80. The average Bonchev–Trinajstić information content (AvgIpc) is 2.01. The molecule has 0 heterocycles. The first-order valence-electron chi connectivity index (χ1n) is 3.17. The zero-order chi connectivity index (χ0) is 8.69. The van der Waals surface area contributed by atoms with Crippen molar-refractivity contribution in [3.8, 4) is 0 Å².